The third-order valence-corrected chi connectivity index (χ3v) is 6.57. The van der Waals surface area contributed by atoms with Gasteiger partial charge in [-0.25, -0.2) is 4.98 Å². The van der Waals surface area contributed by atoms with Crippen molar-refractivity contribution in [3.05, 3.63) is 67.5 Å². The number of allylic oxidation sites excluding steroid dienone is 1. The highest BCUT2D eigenvalue weighted by Crippen LogP contribution is 2.32. The second-order valence-corrected chi connectivity index (χ2v) is 8.79. The lowest BCUT2D eigenvalue weighted by molar-refractivity contribution is 0.405. The van der Waals surface area contributed by atoms with Crippen molar-refractivity contribution in [2.75, 3.05) is 5.32 Å². The number of aromatic nitrogens is 6. The van der Waals surface area contributed by atoms with Gasteiger partial charge in [0.15, 0.2) is 5.65 Å². The summed E-state index contributed by atoms with van der Waals surface area (Å²) in [6.45, 7) is 4.30. The third kappa shape index (κ3) is 3.75. The number of aromatic amines is 2. The van der Waals surface area contributed by atoms with Crippen molar-refractivity contribution in [2.45, 2.75) is 32.1 Å². The minimum Gasteiger partial charge on any atom is -0.358 e. The number of fused-ring (bicyclic) bond motifs is 2. The van der Waals surface area contributed by atoms with Crippen LogP contribution in [0.4, 0.5) is 5.69 Å². The molecule has 5 aromatic heterocycles. The highest BCUT2D eigenvalue weighted by Gasteiger charge is 2.17. The second kappa shape index (κ2) is 8.16. The Bertz CT molecular complexity index is 1420. The molecule has 1 saturated carbocycles. The van der Waals surface area contributed by atoms with Gasteiger partial charge < -0.3 is 10.3 Å². The number of pyridine rings is 3. The molecule has 1 aliphatic carbocycles. The molecular weight excluding hydrogens is 410 g/mol. The van der Waals surface area contributed by atoms with Gasteiger partial charge in [-0.05, 0) is 43.0 Å². The molecule has 0 spiro atoms. The smallest absolute Gasteiger partial charge is 0.155 e. The Morgan fingerprint density at radius 2 is 1.85 bits per heavy atom. The van der Waals surface area contributed by atoms with Crippen LogP contribution in [0, 0.1) is 5.92 Å². The molecule has 0 unspecified atom stereocenters. The van der Waals surface area contributed by atoms with Crippen LogP contribution >= 0.6 is 0 Å². The van der Waals surface area contributed by atoms with E-state index >= 15 is 0 Å². The summed E-state index contributed by atoms with van der Waals surface area (Å²) < 4.78 is 0. The molecule has 0 aromatic carbocycles. The van der Waals surface area contributed by atoms with E-state index in [0.717, 1.165) is 55.8 Å². The molecule has 7 heteroatoms. The van der Waals surface area contributed by atoms with E-state index in [2.05, 4.69) is 60.2 Å². The largest absolute Gasteiger partial charge is 0.358 e. The molecule has 6 rings (SSSR count). The fourth-order valence-corrected chi connectivity index (χ4v) is 4.77. The van der Waals surface area contributed by atoms with Crippen LogP contribution in [0.1, 0.15) is 32.1 Å². The topological polar surface area (TPSA) is 95.2 Å². The molecule has 7 nitrogen and oxygen atoms in total. The maximum atomic E-state index is 4.61. The van der Waals surface area contributed by atoms with E-state index in [4.69, 9.17) is 0 Å². The number of rotatable bonds is 5. The molecule has 0 bridgehead atoms. The Balaban J connectivity index is 1.32. The molecule has 0 atom stereocenters. The molecule has 1 fully saturated rings. The van der Waals surface area contributed by atoms with Gasteiger partial charge in [-0.3, -0.25) is 15.1 Å². The lowest BCUT2D eigenvalue weighted by atomic mass is 9.87. The van der Waals surface area contributed by atoms with Gasteiger partial charge in [-0.15, -0.1) is 0 Å². The zero-order valence-corrected chi connectivity index (χ0v) is 18.3. The van der Waals surface area contributed by atoms with Crippen LogP contribution < -0.4 is 5.32 Å². The molecule has 0 amide bonds. The first-order chi connectivity index (χ1) is 16.2. The molecule has 5 heterocycles. The van der Waals surface area contributed by atoms with Gasteiger partial charge in [0.05, 0.1) is 29.3 Å². The number of H-pyrrole nitrogens is 2. The van der Waals surface area contributed by atoms with Crippen LogP contribution in [0.25, 0.3) is 44.5 Å². The lowest BCUT2D eigenvalue weighted by Crippen LogP contribution is -2.14. The van der Waals surface area contributed by atoms with E-state index in [0.29, 0.717) is 5.92 Å². The monoisotopic (exact) mass is 435 g/mol. The Labute approximate surface area is 191 Å². The molecule has 5 aromatic rings. The maximum absolute atomic E-state index is 4.61. The summed E-state index contributed by atoms with van der Waals surface area (Å²) in [5.74, 6) is 0.542. The third-order valence-electron chi connectivity index (χ3n) is 6.57. The summed E-state index contributed by atoms with van der Waals surface area (Å²) >= 11 is 0. The maximum Gasteiger partial charge on any atom is 0.155 e. The Hall–Kier alpha value is -4.00. The summed E-state index contributed by atoms with van der Waals surface area (Å²) in [6, 6.07) is 8.29. The van der Waals surface area contributed by atoms with Gasteiger partial charge in [0, 0.05) is 46.2 Å². The summed E-state index contributed by atoms with van der Waals surface area (Å²) in [5, 5.41) is 13.1. The minimum atomic E-state index is 0.542. The molecule has 0 radical (unpaired) electrons. The average Bonchev–Trinajstić information content (AvgIpc) is 3.48. The lowest BCUT2D eigenvalue weighted by Gasteiger charge is -2.24. The summed E-state index contributed by atoms with van der Waals surface area (Å²) in [5.41, 5.74) is 7.53. The van der Waals surface area contributed by atoms with Crippen molar-refractivity contribution in [3.63, 3.8) is 0 Å². The summed E-state index contributed by atoms with van der Waals surface area (Å²) in [7, 11) is 0. The van der Waals surface area contributed by atoms with Crippen molar-refractivity contribution >= 4 is 27.6 Å². The van der Waals surface area contributed by atoms with Crippen LogP contribution in [0.3, 0.4) is 0 Å². The van der Waals surface area contributed by atoms with E-state index in [9.17, 15) is 0 Å². The zero-order chi connectivity index (χ0) is 22.2. The first-order valence-corrected chi connectivity index (χ1v) is 11.4. The number of anilines is 1. The molecule has 0 aliphatic heterocycles. The Morgan fingerprint density at radius 1 is 0.970 bits per heavy atom. The standard InChI is InChI=1S/C26H25N7/c1-16(17-5-3-2-4-6-17)30-21-9-19(12-28-14-21)20-10-22-25(32-33-26(22)29-13-20)23-11-18-7-8-27-15-24(18)31-23/h7-15,17,30-31H,1-6H2,(H,29,32,33). The van der Waals surface area contributed by atoms with Crippen LogP contribution in [0.2, 0.25) is 0 Å². The SMILES string of the molecule is C=C(Nc1cncc(-c2cnc3[nH]nc(-c4cc5ccncc5[nH]4)c3c2)c1)C1CCCCC1. The molecule has 0 saturated heterocycles. The van der Waals surface area contributed by atoms with E-state index in [1.807, 2.05) is 30.9 Å². The van der Waals surface area contributed by atoms with Gasteiger partial charge in [-0.1, -0.05) is 25.8 Å². The quantitative estimate of drug-likeness (QED) is 0.311. The second-order valence-electron chi connectivity index (χ2n) is 8.79. The number of nitrogens with zero attached hydrogens (tertiary/aromatic N) is 4. The van der Waals surface area contributed by atoms with Gasteiger partial charge in [0.2, 0.25) is 0 Å². The van der Waals surface area contributed by atoms with E-state index in [1.54, 1.807) is 6.20 Å². The summed E-state index contributed by atoms with van der Waals surface area (Å²) in [6.07, 6.45) is 15.5. The number of hydrogen-bond acceptors (Lipinski definition) is 5. The highest BCUT2D eigenvalue weighted by molar-refractivity contribution is 5.95. The molecule has 33 heavy (non-hydrogen) atoms. The van der Waals surface area contributed by atoms with Gasteiger partial charge >= 0.3 is 0 Å². The van der Waals surface area contributed by atoms with Crippen LogP contribution in [-0.4, -0.2) is 30.1 Å². The van der Waals surface area contributed by atoms with Crippen molar-refractivity contribution in [1.29, 1.82) is 0 Å². The van der Waals surface area contributed by atoms with Gasteiger partial charge in [0.25, 0.3) is 0 Å². The van der Waals surface area contributed by atoms with Crippen molar-refractivity contribution in [1.82, 2.24) is 30.1 Å². The van der Waals surface area contributed by atoms with Crippen molar-refractivity contribution in [2.24, 2.45) is 5.92 Å². The van der Waals surface area contributed by atoms with Crippen molar-refractivity contribution < 1.29 is 0 Å². The van der Waals surface area contributed by atoms with E-state index < -0.39 is 0 Å². The average molecular weight is 436 g/mol. The van der Waals surface area contributed by atoms with Gasteiger partial charge in [0.1, 0.15) is 5.69 Å². The molecule has 1 aliphatic rings. The van der Waals surface area contributed by atoms with Crippen LogP contribution in [0.15, 0.2) is 67.5 Å². The number of nitrogens with one attached hydrogen (secondary N) is 3. The first-order valence-electron chi connectivity index (χ1n) is 11.4. The van der Waals surface area contributed by atoms with Gasteiger partial charge in [-0.2, -0.15) is 5.10 Å². The van der Waals surface area contributed by atoms with Crippen LogP contribution in [-0.2, 0) is 0 Å². The molecular formula is C26H25N7. The van der Waals surface area contributed by atoms with E-state index in [-0.39, 0.29) is 0 Å². The Kier molecular flexibility index (Phi) is 4.87. The highest BCUT2D eigenvalue weighted by atomic mass is 15.2. The van der Waals surface area contributed by atoms with E-state index in [1.165, 1.54) is 32.1 Å². The van der Waals surface area contributed by atoms with Crippen LogP contribution in [0.5, 0.6) is 0 Å². The molecule has 3 N–H and O–H groups in total. The predicted molar refractivity (Wildman–Crippen MR) is 132 cm³/mol. The Morgan fingerprint density at radius 3 is 2.73 bits per heavy atom. The normalized spacial score (nSPS) is 14.7. The van der Waals surface area contributed by atoms with Crippen molar-refractivity contribution in [3.8, 4) is 22.5 Å². The predicted octanol–water partition coefficient (Wildman–Crippen LogP) is 6.07. The fraction of sp³-hybridized carbons (Fsp3) is 0.231. The fourth-order valence-electron chi connectivity index (χ4n) is 4.77. The summed E-state index contributed by atoms with van der Waals surface area (Å²) in [4.78, 5) is 16.7. The molecule has 164 valence electrons. The zero-order valence-electron chi connectivity index (χ0n) is 18.3. The number of hydrogen-bond donors (Lipinski definition) is 3. The minimum absolute atomic E-state index is 0.542. The first kappa shape index (κ1) is 19.7.